The van der Waals surface area contributed by atoms with E-state index in [9.17, 15) is 0 Å². The van der Waals surface area contributed by atoms with Gasteiger partial charge in [0.1, 0.15) is 0 Å². The Kier molecular flexibility index (Phi) is 9.86. The minimum atomic E-state index is 0. The molecule has 0 spiro atoms. The predicted molar refractivity (Wildman–Crippen MR) is 155 cm³/mol. The fourth-order valence-corrected chi connectivity index (χ4v) is 6.03. The summed E-state index contributed by atoms with van der Waals surface area (Å²) in [6.45, 7) is 0. The van der Waals surface area contributed by atoms with Crippen molar-refractivity contribution in [1.82, 2.24) is 0 Å². The number of rotatable bonds is 5. The molecule has 5 aromatic carbocycles. The molecule has 2 aliphatic rings. The Bertz CT molecular complexity index is 1900. The average molecular weight is 634 g/mol. The van der Waals surface area contributed by atoms with Crippen LogP contribution in [0.4, 0.5) is 0 Å². The summed E-state index contributed by atoms with van der Waals surface area (Å²) in [6, 6.07) is 39.6. The minimum absolute atomic E-state index is 0. The topological polar surface area (TPSA) is 0 Å². The van der Waals surface area contributed by atoms with Gasteiger partial charge in [0.15, 0.2) is 0 Å². The molecular formula is C37H27Cl2Zr. The van der Waals surface area contributed by atoms with Crippen LogP contribution >= 0.6 is 0 Å². The van der Waals surface area contributed by atoms with Crippen molar-refractivity contribution in [3.05, 3.63) is 171 Å². The summed E-state index contributed by atoms with van der Waals surface area (Å²) < 4.78 is 0. The molecule has 0 nitrogen and oxygen atoms in total. The Morgan fingerprint density at radius 1 is 0.650 bits per heavy atom. The molecule has 5 aromatic rings. The maximum Gasteiger partial charge on any atom is 3.00 e. The summed E-state index contributed by atoms with van der Waals surface area (Å²) >= 11 is 0. The largest absolute Gasteiger partial charge is 3.00 e. The summed E-state index contributed by atoms with van der Waals surface area (Å²) in [6.07, 6.45) is 13.4. The number of benzene rings is 5. The van der Waals surface area contributed by atoms with Crippen molar-refractivity contribution in [3.8, 4) is 0 Å². The number of allylic oxidation sites excluding steroid dienone is 4. The first-order chi connectivity index (χ1) is 18.4. The van der Waals surface area contributed by atoms with Crippen LogP contribution in [0.1, 0.15) is 28.7 Å². The van der Waals surface area contributed by atoms with Gasteiger partial charge in [-0.25, -0.2) is 0 Å². The predicted octanol–water partition coefficient (Wildman–Crippen LogP) is 1.13. The van der Waals surface area contributed by atoms with E-state index in [1.807, 2.05) is 0 Å². The Hall–Kier alpha value is -2.96. The van der Waals surface area contributed by atoms with Crippen LogP contribution in [0.5, 0.6) is 0 Å². The van der Waals surface area contributed by atoms with Crippen molar-refractivity contribution >= 4 is 28.0 Å². The fraction of sp³-hybridized carbons (Fsp3) is 0.0811. The minimum Gasteiger partial charge on any atom is -1.00 e. The quantitative estimate of drug-likeness (QED) is 0.250. The van der Waals surface area contributed by atoms with E-state index in [-0.39, 0.29) is 51.0 Å². The molecule has 0 aliphatic heterocycles. The summed E-state index contributed by atoms with van der Waals surface area (Å²) in [5, 5.41) is 7.85. The van der Waals surface area contributed by atoms with E-state index in [1.54, 1.807) is 0 Å². The first-order valence-electron chi connectivity index (χ1n) is 13.1. The monoisotopic (exact) mass is 631 g/mol. The third-order valence-electron chi connectivity index (χ3n) is 7.64. The van der Waals surface area contributed by atoms with Crippen LogP contribution in [-0.4, -0.2) is 0 Å². The standard InChI is InChI=1S/C37H27.2ClH.Zr/c1-3-13-26(14-4-1)23-30(24-27-15-5-2-6-16-27)36-35(28-17-7-8-18-28)33-22-12-11-21-32(33)34-25-29-19-9-10-20-31(29)37(34)36;;;/h1-17,19-22H,18,23-24H2;2*1H;/q-1;;;+3/p-2. The van der Waals surface area contributed by atoms with Crippen LogP contribution in [0.3, 0.4) is 0 Å². The molecule has 0 N–H and O–H groups in total. The molecule has 0 unspecified atom stereocenters. The molecule has 1 radical (unpaired) electrons. The Balaban J connectivity index is 0.00000123. The van der Waals surface area contributed by atoms with Crippen LogP contribution in [0.25, 0.3) is 28.0 Å². The molecule has 3 heteroatoms. The van der Waals surface area contributed by atoms with Crippen LogP contribution in [0.15, 0.2) is 127 Å². The van der Waals surface area contributed by atoms with E-state index in [0.29, 0.717) is 0 Å². The van der Waals surface area contributed by atoms with Gasteiger partial charge in [-0.2, -0.15) is 0 Å². The molecule has 0 fully saturated rings. The molecule has 0 bridgehead atoms. The van der Waals surface area contributed by atoms with Gasteiger partial charge >= 0.3 is 26.2 Å². The van der Waals surface area contributed by atoms with Crippen molar-refractivity contribution < 1.29 is 51.0 Å². The van der Waals surface area contributed by atoms with Gasteiger partial charge in [-0.05, 0) is 46.9 Å². The third-order valence-corrected chi connectivity index (χ3v) is 7.64. The Labute approximate surface area is 267 Å². The van der Waals surface area contributed by atoms with Crippen LogP contribution in [-0.2, 0) is 39.0 Å². The summed E-state index contributed by atoms with van der Waals surface area (Å²) in [4.78, 5) is 0. The fourth-order valence-electron chi connectivity index (χ4n) is 6.03. The number of halogens is 2. The zero-order chi connectivity index (χ0) is 24.6. The second kappa shape index (κ2) is 13.1. The molecule has 7 rings (SSSR count). The van der Waals surface area contributed by atoms with Gasteiger partial charge < -0.3 is 24.8 Å². The van der Waals surface area contributed by atoms with Gasteiger partial charge in [-0.15, -0.1) is 33.4 Å². The number of hydrogen-bond donors (Lipinski definition) is 0. The van der Waals surface area contributed by atoms with Gasteiger partial charge in [0, 0.05) is 0 Å². The second-order valence-electron chi connectivity index (χ2n) is 9.97. The maximum atomic E-state index is 3.81. The second-order valence-corrected chi connectivity index (χ2v) is 9.97. The smallest absolute Gasteiger partial charge is 1.00 e. The molecule has 0 saturated heterocycles. The molecule has 0 amide bonds. The summed E-state index contributed by atoms with van der Waals surface area (Å²) in [5.41, 5.74) is 8.18. The van der Waals surface area contributed by atoms with E-state index in [1.165, 1.54) is 65.0 Å². The van der Waals surface area contributed by atoms with Crippen molar-refractivity contribution in [3.63, 3.8) is 0 Å². The van der Waals surface area contributed by atoms with Crippen LogP contribution in [0.2, 0.25) is 0 Å². The number of fused-ring (bicyclic) bond motifs is 4. The average Bonchev–Trinajstić information content (AvgIpc) is 3.62. The maximum absolute atomic E-state index is 3.81. The molecular weight excluding hydrogens is 607 g/mol. The first kappa shape index (κ1) is 30.0. The molecule has 40 heavy (non-hydrogen) atoms. The van der Waals surface area contributed by atoms with Crippen molar-refractivity contribution in [2.45, 2.75) is 19.3 Å². The van der Waals surface area contributed by atoms with Crippen molar-refractivity contribution in [2.24, 2.45) is 0 Å². The van der Waals surface area contributed by atoms with E-state index in [2.05, 4.69) is 133 Å². The van der Waals surface area contributed by atoms with Gasteiger partial charge in [-0.1, -0.05) is 138 Å². The molecule has 193 valence electrons. The molecule has 0 aromatic heterocycles. The Morgan fingerprint density at radius 3 is 1.85 bits per heavy atom. The van der Waals surface area contributed by atoms with Gasteiger partial charge in [0.05, 0.1) is 0 Å². The molecule has 0 atom stereocenters. The molecule has 2 aliphatic carbocycles. The molecule has 0 saturated carbocycles. The van der Waals surface area contributed by atoms with E-state index >= 15 is 0 Å². The van der Waals surface area contributed by atoms with E-state index in [4.69, 9.17) is 0 Å². The molecule has 0 heterocycles. The Morgan fingerprint density at radius 2 is 1.23 bits per heavy atom. The number of hydrogen-bond acceptors (Lipinski definition) is 0. The van der Waals surface area contributed by atoms with Gasteiger partial charge in [-0.3, -0.25) is 0 Å². The zero-order valence-electron chi connectivity index (χ0n) is 22.0. The summed E-state index contributed by atoms with van der Waals surface area (Å²) in [7, 11) is 0. The van der Waals surface area contributed by atoms with E-state index < -0.39 is 0 Å². The normalized spacial score (nSPS) is 12.2. The van der Waals surface area contributed by atoms with Gasteiger partial charge in [0.25, 0.3) is 0 Å². The summed E-state index contributed by atoms with van der Waals surface area (Å²) in [5.74, 6) is 0. The van der Waals surface area contributed by atoms with Crippen molar-refractivity contribution in [2.75, 3.05) is 0 Å². The SMILES string of the molecule is [C-]1=c2ccccc2=c2c1c1ccccc1c(C1=CC=CC1)c2=C(Cc1ccccc1)Cc1ccccc1.[Cl-].[Cl-].[Zr+3]. The van der Waals surface area contributed by atoms with Crippen LogP contribution < -0.4 is 35.3 Å². The first-order valence-corrected chi connectivity index (χ1v) is 13.1. The zero-order valence-corrected chi connectivity index (χ0v) is 26.0. The third kappa shape index (κ3) is 5.49. The van der Waals surface area contributed by atoms with Gasteiger partial charge in [0.2, 0.25) is 0 Å². The van der Waals surface area contributed by atoms with E-state index in [0.717, 1.165) is 19.3 Å². The van der Waals surface area contributed by atoms with Crippen LogP contribution in [0, 0.1) is 10.4 Å². The van der Waals surface area contributed by atoms with Crippen molar-refractivity contribution in [1.29, 1.82) is 0 Å².